The summed E-state index contributed by atoms with van der Waals surface area (Å²) in [7, 11) is 0. The molecule has 2 fully saturated rings. The average molecular weight is 214 g/mol. The third kappa shape index (κ3) is 2.49. The molecule has 4 nitrogen and oxygen atoms in total. The molecule has 1 spiro atoms. The highest BCUT2D eigenvalue weighted by Crippen LogP contribution is 2.42. The molecular weight excluding hydrogens is 196 g/mol. The second-order valence-corrected chi connectivity index (χ2v) is 4.23. The zero-order valence-electron chi connectivity index (χ0n) is 9.16. The summed E-state index contributed by atoms with van der Waals surface area (Å²) in [5, 5.41) is 0. The first-order valence-corrected chi connectivity index (χ1v) is 5.68. The number of hydrogen-bond donors (Lipinski definition) is 0. The molecule has 1 aliphatic heterocycles. The maximum absolute atomic E-state index is 11.3. The van der Waals surface area contributed by atoms with Gasteiger partial charge in [-0.1, -0.05) is 0 Å². The second kappa shape index (κ2) is 4.49. The molecular formula is C11H18O4. The van der Waals surface area contributed by atoms with E-state index in [9.17, 15) is 4.79 Å². The first-order valence-electron chi connectivity index (χ1n) is 5.68. The smallest absolute Gasteiger partial charge is 0.306 e. The van der Waals surface area contributed by atoms with Gasteiger partial charge >= 0.3 is 5.97 Å². The molecule has 1 atom stereocenters. The second-order valence-electron chi connectivity index (χ2n) is 4.23. The monoisotopic (exact) mass is 214 g/mol. The highest BCUT2D eigenvalue weighted by molar-refractivity contribution is 5.69. The van der Waals surface area contributed by atoms with E-state index in [-0.39, 0.29) is 11.8 Å². The normalized spacial score (nSPS) is 28.5. The molecule has 4 heteroatoms. The lowest BCUT2D eigenvalue weighted by Gasteiger charge is -2.21. The van der Waals surface area contributed by atoms with Gasteiger partial charge in [0.1, 0.15) is 0 Å². The number of ether oxygens (including phenoxy) is 3. The lowest BCUT2D eigenvalue weighted by Crippen LogP contribution is -2.26. The van der Waals surface area contributed by atoms with Gasteiger partial charge in [-0.3, -0.25) is 4.79 Å². The Bertz CT molecular complexity index is 233. The van der Waals surface area contributed by atoms with Crippen molar-refractivity contribution in [3.05, 3.63) is 0 Å². The van der Waals surface area contributed by atoms with Gasteiger partial charge in [-0.2, -0.15) is 0 Å². The van der Waals surface area contributed by atoms with Gasteiger partial charge < -0.3 is 14.2 Å². The predicted octanol–water partition coefficient (Wildman–Crippen LogP) is 1.48. The van der Waals surface area contributed by atoms with Crippen molar-refractivity contribution < 1.29 is 19.0 Å². The van der Waals surface area contributed by atoms with E-state index in [0.717, 1.165) is 19.3 Å². The number of rotatable bonds is 3. The van der Waals surface area contributed by atoms with Crippen LogP contribution in [0.1, 0.15) is 32.6 Å². The van der Waals surface area contributed by atoms with Crippen molar-refractivity contribution in [2.75, 3.05) is 19.8 Å². The van der Waals surface area contributed by atoms with Crippen molar-refractivity contribution in [3.8, 4) is 0 Å². The fourth-order valence-corrected chi connectivity index (χ4v) is 2.46. The Morgan fingerprint density at radius 1 is 1.47 bits per heavy atom. The van der Waals surface area contributed by atoms with Crippen molar-refractivity contribution in [3.63, 3.8) is 0 Å². The molecule has 86 valence electrons. The van der Waals surface area contributed by atoms with Crippen LogP contribution in [0.15, 0.2) is 0 Å². The van der Waals surface area contributed by atoms with Gasteiger partial charge in [0, 0.05) is 19.3 Å². The molecule has 0 aromatic carbocycles. The van der Waals surface area contributed by atoms with Crippen LogP contribution in [0.2, 0.25) is 0 Å². The number of carbonyl (C=O) groups excluding carboxylic acids is 1. The lowest BCUT2D eigenvalue weighted by atomic mass is 10.0. The van der Waals surface area contributed by atoms with E-state index >= 15 is 0 Å². The summed E-state index contributed by atoms with van der Waals surface area (Å²) in [6, 6.07) is 0. The topological polar surface area (TPSA) is 44.8 Å². The largest absolute Gasteiger partial charge is 0.466 e. The zero-order chi connectivity index (χ0) is 10.7. The summed E-state index contributed by atoms with van der Waals surface area (Å²) in [5.74, 6) is -0.100. The van der Waals surface area contributed by atoms with Crippen LogP contribution in [0.3, 0.4) is 0 Å². The van der Waals surface area contributed by atoms with E-state index in [1.165, 1.54) is 0 Å². The number of carbonyl (C=O) groups is 1. The van der Waals surface area contributed by atoms with Gasteiger partial charge in [0.2, 0.25) is 0 Å². The fourth-order valence-electron chi connectivity index (χ4n) is 2.46. The molecule has 1 heterocycles. The van der Waals surface area contributed by atoms with Gasteiger partial charge in [-0.15, -0.1) is 0 Å². The maximum atomic E-state index is 11.3. The van der Waals surface area contributed by atoms with Crippen LogP contribution in [0.25, 0.3) is 0 Å². The molecule has 2 rings (SSSR count). The van der Waals surface area contributed by atoms with E-state index in [1.54, 1.807) is 0 Å². The Labute approximate surface area is 89.9 Å². The summed E-state index contributed by atoms with van der Waals surface area (Å²) < 4.78 is 16.1. The summed E-state index contributed by atoms with van der Waals surface area (Å²) in [6.45, 7) is 3.67. The van der Waals surface area contributed by atoms with Crippen molar-refractivity contribution in [2.24, 2.45) is 5.92 Å². The molecule has 0 aromatic rings. The summed E-state index contributed by atoms with van der Waals surface area (Å²) >= 11 is 0. The number of hydrogen-bond acceptors (Lipinski definition) is 4. The highest BCUT2D eigenvalue weighted by atomic mass is 16.7. The predicted molar refractivity (Wildman–Crippen MR) is 53.2 cm³/mol. The SMILES string of the molecule is CCOC(=O)C[C@@H]1CCC2(C1)OCCO2. The van der Waals surface area contributed by atoms with Crippen molar-refractivity contribution >= 4 is 5.97 Å². The third-order valence-electron chi connectivity index (χ3n) is 3.11. The molecule has 0 amide bonds. The molecule has 1 saturated carbocycles. The first kappa shape index (κ1) is 10.9. The molecule has 2 aliphatic rings. The standard InChI is InChI=1S/C11H18O4/c1-2-13-10(12)7-9-3-4-11(8-9)14-5-6-15-11/h9H,2-8H2,1H3/t9-/m0/s1. The quantitative estimate of drug-likeness (QED) is 0.667. The van der Waals surface area contributed by atoms with Crippen LogP contribution in [-0.4, -0.2) is 31.6 Å². The van der Waals surface area contributed by atoms with E-state index in [1.807, 2.05) is 6.92 Å². The molecule has 15 heavy (non-hydrogen) atoms. The van der Waals surface area contributed by atoms with Gasteiger partial charge in [-0.25, -0.2) is 0 Å². The van der Waals surface area contributed by atoms with E-state index in [0.29, 0.717) is 32.2 Å². The summed E-state index contributed by atoms with van der Waals surface area (Å²) in [6.07, 6.45) is 3.25. The fraction of sp³-hybridized carbons (Fsp3) is 0.909. The Morgan fingerprint density at radius 3 is 2.87 bits per heavy atom. The molecule has 0 bridgehead atoms. The van der Waals surface area contributed by atoms with Crippen molar-refractivity contribution in [1.82, 2.24) is 0 Å². The minimum absolute atomic E-state index is 0.0995. The molecule has 0 aromatic heterocycles. The molecule has 0 N–H and O–H groups in total. The lowest BCUT2D eigenvalue weighted by molar-refractivity contribution is -0.154. The van der Waals surface area contributed by atoms with Crippen LogP contribution in [0, 0.1) is 5.92 Å². The molecule has 1 aliphatic carbocycles. The van der Waals surface area contributed by atoms with Gasteiger partial charge in [0.25, 0.3) is 0 Å². The van der Waals surface area contributed by atoms with E-state index in [4.69, 9.17) is 14.2 Å². The van der Waals surface area contributed by atoms with Crippen LogP contribution in [0.5, 0.6) is 0 Å². The third-order valence-corrected chi connectivity index (χ3v) is 3.11. The van der Waals surface area contributed by atoms with Crippen LogP contribution in [-0.2, 0) is 19.0 Å². The van der Waals surface area contributed by atoms with Crippen LogP contribution in [0.4, 0.5) is 0 Å². The Kier molecular flexibility index (Phi) is 3.26. The Hall–Kier alpha value is -0.610. The van der Waals surface area contributed by atoms with Gasteiger partial charge in [-0.05, 0) is 19.3 Å². The minimum atomic E-state index is -0.364. The summed E-state index contributed by atoms with van der Waals surface area (Å²) in [4.78, 5) is 11.3. The first-order chi connectivity index (χ1) is 7.24. The number of esters is 1. The Morgan fingerprint density at radius 2 is 2.20 bits per heavy atom. The zero-order valence-corrected chi connectivity index (χ0v) is 9.16. The van der Waals surface area contributed by atoms with E-state index < -0.39 is 0 Å². The average Bonchev–Trinajstić information content (AvgIpc) is 2.79. The highest BCUT2D eigenvalue weighted by Gasteiger charge is 2.44. The maximum Gasteiger partial charge on any atom is 0.306 e. The van der Waals surface area contributed by atoms with Crippen molar-refractivity contribution in [2.45, 2.75) is 38.4 Å². The van der Waals surface area contributed by atoms with Crippen molar-refractivity contribution in [1.29, 1.82) is 0 Å². The minimum Gasteiger partial charge on any atom is -0.466 e. The molecule has 0 unspecified atom stereocenters. The molecule has 1 saturated heterocycles. The van der Waals surface area contributed by atoms with Gasteiger partial charge in [0.05, 0.1) is 19.8 Å². The molecule has 0 radical (unpaired) electrons. The van der Waals surface area contributed by atoms with Crippen LogP contribution < -0.4 is 0 Å². The summed E-state index contributed by atoms with van der Waals surface area (Å²) in [5.41, 5.74) is 0. The Balaban J connectivity index is 1.79. The van der Waals surface area contributed by atoms with Crippen LogP contribution >= 0.6 is 0 Å². The van der Waals surface area contributed by atoms with Gasteiger partial charge in [0.15, 0.2) is 5.79 Å². The van der Waals surface area contributed by atoms with E-state index in [2.05, 4.69) is 0 Å².